The number of likely N-dealkylation sites (N-methyl/N-ethyl adjacent to an activating group) is 1. The highest BCUT2D eigenvalue weighted by molar-refractivity contribution is 5.91. The highest BCUT2D eigenvalue weighted by atomic mass is 15.3. The van der Waals surface area contributed by atoms with E-state index in [1.165, 1.54) is 0 Å². The van der Waals surface area contributed by atoms with Crippen LogP contribution in [0.5, 0.6) is 0 Å². The number of piperazine rings is 1. The molecule has 1 aromatic heterocycles. The minimum absolute atomic E-state index is 0.337. The van der Waals surface area contributed by atoms with Gasteiger partial charge in [-0.1, -0.05) is 12.1 Å². The van der Waals surface area contributed by atoms with E-state index >= 15 is 0 Å². The zero-order valence-electron chi connectivity index (χ0n) is 10.5. The lowest BCUT2D eigenvalue weighted by atomic mass is 10.2. The smallest absolute Gasteiger partial charge is 0.220 e. The second-order valence-electron chi connectivity index (χ2n) is 4.73. The minimum Gasteiger partial charge on any atom is -0.368 e. The molecule has 3 rings (SSSR count). The normalized spacial score (nSPS) is 17.3. The topological polar surface area (TPSA) is 58.3 Å². The lowest BCUT2D eigenvalue weighted by molar-refractivity contribution is 0.313. The molecule has 0 bridgehead atoms. The van der Waals surface area contributed by atoms with Gasteiger partial charge in [0.2, 0.25) is 5.95 Å². The lowest BCUT2D eigenvalue weighted by Gasteiger charge is -2.34. The summed E-state index contributed by atoms with van der Waals surface area (Å²) in [5.41, 5.74) is 7.81. The number of hydrogen-bond acceptors (Lipinski definition) is 5. The lowest BCUT2D eigenvalue weighted by Crippen LogP contribution is -2.44. The van der Waals surface area contributed by atoms with E-state index in [1.807, 2.05) is 6.07 Å². The summed E-state index contributed by atoms with van der Waals surface area (Å²) in [4.78, 5) is 13.1. The molecule has 1 aliphatic heterocycles. The summed E-state index contributed by atoms with van der Waals surface area (Å²) in [6, 6.07) is 6.18. The van der Waals surface area contributed by atoms with Crippen molar-refractivity contribution in [2.75, 3.05) is 43.9 Å². The van der Waals surface area contributed by atoms with Gasteiger partial charge in [0.1, 0.15) is 0 Å². The predicted octanol–water partition coefficient (Wildman–Crippen LogP) is 0.964. The van der Waals surface area contributed by atoms with Crippen LogP contribution in [0, 0.1) is 0 Å². The Morgan fingerprint density at radius 2 is 1.94 bits per heavy atom. The maximum absolute atomic E-state index is 5.70. The first-order valence-corrected chi connectivity index (χ1v) is 6.19. The van der Waals surface area contributed by atoms with Gasteiger partial charge >= 0.3 is 0 Å². The Hall–Kier alpha value is -1.88. The molecule has 1 fully saturated rings. The van der Waals surface area contributed by atoms with Crippen molar-refractivity contribution < 1.29 is 0 Å². The van der Waals surface area contributed by atoms with E-state index in [0.29, 0.717) is 5.95 Å². The van der Waals surface area contributed by atoms with Gasteiger partial charge in [-0.25, -0.2) is 9.97 Å². The van der Waals surface area contributed by atoms with Crippen LogP contribution in [-0.2, 0) is 0 Å². The maximum Gasteiger partial charge on any atom is 0.220 e. The first-order valence-electron chi connectivity index (χ1n) is 6.19. The molecule has 94 valence electrons. The van der Waals surface area contributed by atoms with Crippen molar-refractivity contribution in [3.63, 3.8) is 0 Å². The van der Waals surface area contributed by atoms with E-state index < -0.39 is 0 Å². The summed E-state index contributed by atoms with van der Waals surface area (Å²) < 4.78 is 0. The van der Waals surface area contributed by atoms with Crippen molar-refractivity contribution >= 4 is 22.5 Å². The number of nitrogen functional groups attached to an aromatic ring is 1. The minimum atomic E-state index is 0.337. The Balaban J connectivity index is 2.03. The van der Waals surface area contributed by atoms with E-state index in [0.717, 1.165) is 42.8 Å². The molecule has 1 saturated heterocycles. The highest BCUT2D eigenvalue weighted by Crippen LogP contribution is 2.25. The van der Waals surface area contributed by atoms with Gasteiger partial charge in [-0.05, 0) is 13.1 Å². The van der Waals surface area contributed by atoms with Crippen LogP contribution in [0.1, 0.15) is 0 Å². The average molecular weight is 243 g/mol. The molecule has 0 radical (unpaired) electrons. The molecule has 1 aromatic carbocycles. The van der Waals surface area contributed by atoms with E-state index in [2.05, 4.69) is 38.9 Å². The number of nitrogens with two attached hydrogens (primary N) is 1. The molecule has 18 heavy (non-hydrogen) atoms. The molecular formula is C13H17N5. The number of hydrogen-bond donors (Lipinski definition) is 1. The van der Waals surface area contributed by atoms with Crippen LogP contribution in [0.3, 0.4) is 0 Å². The van der Waals surface area contributed by atoms with Crippen LogP contribution in [-0.4, -0.2) is 48.1 Å². The largest absolute Gasteiger partial charge is 0.368 e. The van der Waals surface area contributed by atoms with E-state index in [4.69, 9.17) is 5.73 Å². The fourth-order valence-corrected chi connectivity index (χ4v) is 2.36. The van der Waals surface area contributed by atoms with Gasteiger partial charge in [0.25, 0.3) is 0 Å². The van der Waals surface area contributed by atoms with Crippen LogP contribution in [0.25, 0.3) is 10.9 Å². The molecular weight excluding hydrogens is 226 g/mol. The Morgan fingerprint density at radius 3 is 2.72 bits per heavy atom. The first-order chi connectivity index (χ1) is 8.74. The number of fused-ring (bicyclic) bond motifs is 1. The van der Waals surface area contributed by atoms with Crippen LogP contribution in [0.4, 0.5) is 11.6 Å². The van der Waals surface area contributed by atoms with E-state index in [9.17, 15) is 0 Å². The number of aromatic nitrogens is 2. The van der Waals surface area contributed by atoms with E-state index in [1.54, 1.807) is 6.20 Å². The van der Waals surface area contributed by atoms with Crippen molar-refractivity contribution in [1.82, 2.24) is 14.9 Å². The SMILES string of the molecule is CN1CCN(c2cccc3cnc(N)nc23)CC1. The summed E-state index contributed by atoms with van der Waals surface area (Å²) >= 11 is 0. The molecule has 0 saturated carbocycles. The molecule has 0 atom stereocenters. The molecule has 2 heterocycles. The molecule has 5 heteroatoms. The standard InChI is InChI=1S/C13H17N5/c1-17-5-7-18(8-6-17)11-4-2-3-10-9-15-13(14)16-12(10)11/h2-4,9H,5-8H2,1H3,(H2,14,15,16). The molecule has 2 aromatic rings. The molecule has 0 amide bonds. The van der Waals surface area contributed by atoms with E-state index in [-0.39, 0.29) is 0 Å². The fraction of sp³-hybridized carbons (Fsp3) is 0.385. The molecule has 0 unspecified atom stereocenters. The molecule has 0 aliphatic carbocycles. The monoisotopic (exact) mass is 243 g/mol. The Morgan fingerprint density at radius 1 is 1.17 bits per heavy atom. The van der Waals surface area contributed by atoms with Crippen molar-refractivity contribution in [3.05, 3.63) is 24.4 Å². The Kier molecular flexibility index (Phi) is 2.76. The van der Waals surface area contributed by atoms with Gasteiger partial charge in [-0.2, -0.15) is 0 Å². The number of rotatable bonds is 1. The molecule has 5 nitrogen and oxygen atoms in total. The third kappa shape index (κ3) is 1.97. The van der Waals surface area contributed by atoms with Crippen LogP contribution in [0.15, 0.2) is 24.4 Å². The number of anilines is 2. The second kappa shape index (κ2) is 4.42. The summed E-state index contributed by atoms with van der Waals surface area (Å²) in [6.45, 7) is 4.22. The van der Waals surface area contributed by atoms with Gasteiger partial charge in [0, 0.05) is 37.8 Å². The maximum atomic E-state index is 5.70. The van der Waals surface area contributed by atoms with Crippen molar-refractivity contribution in [1.29, 1.82) is 0 Å². The summed E-state index contributed by atoms with van der Waals surface area (Å²) in [5.74, 6) is 0.337. The fourth-order valence-electron chi connectivity index (χ4n) is 2.36. The average Bonchev–Trinajstić information content (AvgIpc) is 2.39. The number of nitrogens with zero attached hydrogens (tertiary/aromatic N) is 4. The van der Waals surface area contributed by atoms with Gasteiger partial charge < -0.3 is 15.5 Å². The van der Waals surface area contributed by atoms with Crippen LogP contribution >= 0.6 is 0 Å². The quantitative estimate of drug-likeness (QED) is 0.808. The zero-order chi connectivity index (χ0) is 12.5. The van der Waals surface area contributed by atoms with Gasteiger partial charge in [-0.15, -0.1) is 0 Å². The molecule has 0 spiro atoms. The van der Waals surface area contributed by atoms with Gasteiger partial charge in [-0.3, -0.25) is 0 Å². The zero-order valence-corrected chi connectivity index (χ0v) is 10.5. The van der Waals surface area contributed by atoms with Crippen molar-refractivity contribution in [2.24, 2.45) is 0 Å². The summed E-state index contributed by atoms with van der Waals surface area (Å²) in [6.07, 6.45) is 1.79. The van der Waals surface area contributed by atoms with Crippen molar-refractivity contribution in [3.8, 4) is 0 Å². The third-order valence-corrected chi connectivity index (χ3v) is 3.45. The Labute approximate surface area is 106 Å². The predicted molar refractivity (Wildman–Crippen MR) is 73.7 cm³/mol. The highest BCUT2D eigenvalue weighted by Gasteiger charge is 2.16. The summed E-state index contributed by atoms with van der Waals surface area (Å²) in [5, 5.41) is 1.04. The second-order valence-corrected chi connectivity index (χ2v) is 4.73. The summed E-state index contributed by atoms with van der Waals surface area (Å²) in [7, 11) is 2.15. The Bertz CT molecular complexity index is 560. The van der Waals surface area contributed by atoms with Crippen LogP contribution < -0.4 is 10.6 Å². The third-order valence-electron chi connectivity index (χ3n) is 3.45. The van der Waals surface area contributed by atoms with Crippen molar-refractivity contribution in [2.45, 2.75) is 0 Å². The van der Waals surface area contributed by atoms with Gasteiger partial charge in [0.05, 0.1) is 11.2 Å². The van der Waals surface area contributed by atoms with Crippen LogP contribution in [0.2, 0.25) is 0 Å². The molecule has 2 N–H and O–H groups in total. The number of benzene rings is 1. The van der Waals surface area contributed by atoms with Gasteiger partial charge in [0.15, 0.2) is 0 Å². The molecule has 1 aliphatic rings. The number of para-hydroxylation sites is 1. The first kappa shape index (κ1) is 11.2.